The molecule has 0 aliphatic carbocycles. The second kappa shape index (κ2) is 4.38. The summed E-state index contributed by atoms with van der Waals surface area (Å²) in [4.78, 5) is 0.711. The number of halogens is 1. The average molecular weight is 207 g/mol. The van der Waals surface area contributed by atoms with E-state index >= 15 is 0 Å². The normalized spacial score (nSPS) is 15.3. The molecule has 0 saturated heterocycles. The SMILES string of the molecule is CCC(Br)CC(C)(C)CC. The Balaban J connectivity index is 3.64. The summed E-state index contributed by atoms with van der Waals surface area (Å²) in [6.07, 6.45) is 3.80. The third-order valence-corrected chi connectivity index (χ3v) is 3.15. The second-order valence-corrected chi connectivity index (χ2v) is 5.02. The molecule has 0 N–H and O–H groups in total. The van der Waals surface area contributed by atoms with Gasteiger partial charge in [-0.1, -0.05) is 50.0 Å². The van der Waals surface area contributed by atoms with Crippen LogP contribution in [0, 0.1) is 5.41 Å². The van der Waals surface area contributed by atoms with Crippen molar-refractivity contribution < 1.29 is 0 Å². The highest BCUT2D eigenvalue weighted by atomic mass is 79.9. The van der Waals surface area contributed by atoms with E-state index in [-0.39, 0.29) is 0 Å². The molecule has 10 heavy (non-hydrogen) atoms. The summed E-state index contributed by atoms with van der Waals surface area (Å²) in [6, 6.07) is 0. The fourth-order valence-electron chi connectivity index (χ4n) is 0.888. The van der Waals surface area contributed by atoms with Gasteiger partial charge < -0.3 is 0 Å². The molecule has 0 fully saturated rings. The van der Waals surface area contributed by atoms with Crippen LogP contribution < -0.4 is 0 Å². The maximum Gasteiger partial charge on any atom is 0.0148 e. The zero-order valence-corrected chi connectivity index (χ0v) is 9.16. The van der Waals surface area contributed by atoms with E-state index in [1.165, 1.54) is 19.3 Å². The predicted octanol–water partition coefficient (Wildman–Crippen LogP) is 3.99. The Morgan fingerprint density at radius 1 is 1.30 bits per heavy atom. The van der Waals surface area contributed by atoms with Crippen LogP contribution in [0.1, 0.15) is 47.0 Å². The molecule has 0 aliphatic rings. The summed E-state index contributed by atoms with van der Waals surface area (Å²) >= 11 is 3.65. The lowest BCUT2D eigenvalue weighted by Gasteiger charge is -2.24. The van der Waals surface area contributed by atoms with Crippen LogP contribution in [0.3, 0.4) is 0 Å². The van der Waals surface area contributed by atoms with Gasteiger partial charge in [-0.2, -0.15) is 0 Å². The number of hydrogen-bond donors (Lipinski definition) is 0. The van der Waals surface area contributed by atoms with Crippen molar-refractivity contribution in [2.45, 2.75) is 51.8 Å². The van der Waals surface area contributed by atoms with E-state index in [4.69, 9.17) is 0 Å². The molecule has 0 spiro atoms. The van der Waals surface area contributed by atoms with Gasteiger partial charge >= 0.3 is 0 Å². The highest BCUT2D eigenvalue weighted by Crippen LogP contribution is 2.29. The molecule has 0 nitrogen and oxygen atoms in total. The van der Waals surface area contributed by atoms with Gasteiger partial charge in [0.05, 0.1) is 0 Å². The van der Waals surface area contributed by atoms with Gasteiger partial charge in [-0.15, -0.1) is 0 Å². The molecule has 1 atom stereocenters. The van der Waals surface area contributed by atoms with Crippen molar-refractivity contribution in [3.05, 3.63) is 0 Å². The molecule has 62 valence electrons. The monoisotopic (exact) mass is 206 g/mol. The van der Waals surface area contributed by atoms with Gasteiger partial charge in [0, 0.05) is 4.83 Å². The molecule has 0 rings (SSSR count). The molecule has 0 aromatic carbocycles. The lowest BCUT2D eigenvalue weighted by atomic mass is 9.85. The maximum absolute atomic E-state index is 3.65. The quantitative estimate of drug-likeness (QED) is 0.611. The van der Waals surface area contributed by atoms with Crippen LogP contribution in [0.25, 0.3) is 0 Å². The summed E-state index contributed by atoms with van der Waals surface area (Å²) in [6.45, 7) is 9.15. The summed E-state index contributed by atoms with van der Waals surface area (Å²) in [5, 5.41) is 0. The van der Waals surface area contributed by atoms with E-state index in [1.807, 2.05) is 0 Å². The second-order valence-electron chi connectivity index (χ2n) is 3.73. The van der Waals surface area contributed by atoms with Gasteiger partial charge in [0.25, 0.3) is 0 Å². The van der Waals surface area contributed by atoms with Crippen LogP contribution in [0.5, 0.6) is 0 Å². The smallest absolute Gasteiger partial charge is 0.0148 e. The third-order valence-electron chi connectivity index (χ3n) is 2.17. The van der Waals surface area contributed by atoms with E-state index in [0.29, 0.717) is 10.2 Å². The van der Waals surface area contributed by atoms with E-state index in [9.17, 15) is 0 Å². The van der Waals surface area contributed by atoms with E-state index < -0.39 is 0 Å². The Morgan fingerprint density at radius 3 is 2.10 bits per heavy atom. The minimum Gasteiger partial charge on any atom is -0.0891 e. The fraction of sp³-hybridized carbons (Fsp3) is 1.00. The largest absolute Gasteiger partial charge is 0.0891 e. The molecule has 1 heteroatoms. The first-order chi connectivity index (χ1) is 4.52. The van der Waals surface area contributed by atoms with Gasteiger partial charge in [-0.25, -0.2) is 0 Å². The van der Waals surface area contributed by atoms with Crippen molar-refractivity contribution >= 4 is 15.9 Å². The van der Waals surface area contributed by atoms with Gasteiger partial charge in [0.15, 0.2) is 0 Å². The standard InChI is InChI=1S/C9H19Br/c1-5-8(10)7-9(3,4)6-2/h8H,5-7H2,1-4H3. The van der Waals surface area contributed by atoms with Gasteiger partial charge in [0.1, 0.15) is 0 Å². The predicted molar refractivity (Wildman–Crippen MR) is 51.7 cm³/mol. The lowest BCUT2D eigenvalue weighted by Crippen LogP contribution is -2.15. The minimum absolute atomic E-state index is 0.518. The minimum atomic E-state index is 0.518. The summed E-state index contributed by atoms with van der Waals surface area (Å²) in [5.74, 6) is 0. The average Bonchev–Trinajstić information content (AvgIpc) is 1.87. The van der Waals surface area contributed by atoms with Crippen molar-refractivity contribution in [1.82, 2.24) is 0 Å². The van der Waals surface area contributed by atoms with E-state index in [2.05, 4.69) is 43.6 Å². The van der Waals surface area contributed by atoms with Crippen LogP contribution in [-0.4, -0.2) is 4.83 Å². The molecule has 0 saturated carbocycles. The van der Waals surface area contributed by atoms with Gasteiger partial charge in [-0.3, -0.25) is 0 Å². The van der Waals surface area contributed by atoms with Crippen molar-refractivity contribution in [2.24, 2.45) is 5.41 Å². The topological polar surface area (TPSA) is 0 Å². The zero-order valence-electron chi connectivity index (χ0n) is 7.58. The Hall–Kier alpha value is 0.480. The molecule has 0 bridgehead atoms. The summed E-state index contributed by atoms with van der Waals surface area (Å²) in [7, 11) is 0. The van der Waals surface area contributed by atoms with Gasteiger partial charge in [0.2, 0.25) is 0 Å². The molecule has 0 aromatic heterocycles. The van der Waals surface area contributed by atoms with Gasteiger partial charge in [-0.05, 0) is 18.3 Å². The number of hydrogen-bond acceptors (Lipinski definition) is 0. The van der Waals surface area contributed by atoms with Crippen LogP contribution in [0.2, 0.25) is 0 Å². The highest BCUT2D eigenvalue weighted by molar-refractivity contribution is 9.09. The highest BCUT2D eigenvalue weighted by Gasteiger charge is 2.18. The Labute approximate surface area is 73.5 Å². The Morgan fingerprint density at radius 2 is 1.80 bits per heavy atom. The zero-order chi connectivity index (χ0) is 8.20. The first-order valence-corrected chi connectivity index (χ1v) is 5.07. The number of alkyl halides is 1. The molecule has 0 amide bonds. The Bertz CT molecular complexity index is 86.7. The molecule has 1 unspecified atom stereocenters. The van der Waals surface area contributed by atoms with Crippen LogP contribution in [-0.2, 0) is 0 Å². The lowest BCUT2D eigenvalue weighted by molar-refractivity contribution is 0.318. The third kappa shape index (κ3) is 4.32. The maximum atomic E-state index is 3.65. The van der Waals surface area contributed by atoms with Crippen molar-refractivity contribution in [3.8, 4) is 0 Å². The van der Waals surface area contributed by atoms with Crippen LogP contribution in [0.15, 0.2) is 0 Å². The van der Waals surface area contributed by atoms with E-state index in [0.717, 1.165) is 0 Å². The molecule has 0 radical (unpaired) electrons. The Kier molecular flexibility index (Phi) is 4.59. The molecular formula is C9H19Br. The van der Waals surface area contributed by atoms with Crippen molar-refractivity contribution in [1.29, 1.82) is 0 Å². The first-order valence-electron chi connectivity index (χ1n) is 4.16. The van der Waals surface area contributed by atoms with Crippen molar-refractivity contribution in [3.63, 3.8) is 0 Å². The van der Waals surface area contributed by atoms with Crippen LogP contribution >= 0.6 is 15.9 Å². The first kappa shape index (κ1) is 10.5. The molecule has 0 aromatic rings. The molecular weight excluding hydrogens is 188 g/mol. The fourth-order valence-corrected chi connectivity index (χ4v) is 1.76. The summed E-state index contributed by atoms with van der Waals surface area (Å²) < 4.78 is 0. The van der Waals surface area contributed by atoms with Crippen LogP contribution in [0.4, 0.5) is 0 Å². The molecule has 0 aliphatic heterocycles. The summed E-state index contributed by atoms with van der Waals surface area (Å²) in [5.41, 5.74) is 0.518. The number of rotatable bonds is 4. The van der Waals surface area contributed by atoms with E-state index in [1.54, 1.807) is 0 Å². The van der Waals surface area contributed by atoms with Crippen molar-refractivity contribution in [2.75, 3.05) is 0 Å². The molecule has 0 heterocycles.